The molecule has 1 amide bonds. The van der Waals surface area contributed by atoms with Gasteiger partial charge in [0.1, 0.15) is 4.33 Å². The molecule has 1 heterocycles. The van der Waals surface area contributed by atoms with Gasteiger partial charge < -0.3 is 4.90 Å². The average Bonchev–Trinajstić information content (AvgIpc) is 2.74. The number of benzene rings is 1. The van der Waals surface area contributed by atoms with Crippen LogP contribution in [0.1, 0.15) is 33.3 Å². The van der Waals surface area contributed by atoms with Crippen molar-refractivity contribution >= 4 is 34.8 Å². The zero-order valence-corrected chi connectivity index (χ0v) is 13.0. The minimum Gasteiger partial charge on any atom is -0.306 e. The molecule has 0 spiro atoms. The van der Waals surface area contributed by atoms with E-state index in [2.05, 4.69) is 6.92 Å². The van der Waals surface area contributed by atoms with Crippen molar-refractivity contribution in [2.24, 2.45) is 5.92 Å². The summed E-state index contributed by atoms with van der Waals surface area (Å²) in [6, 6.07) is 7.92. The van der Waals surface area contributed by atoms with Crippen LogP contribution in [0.2, 0.25) is 0 Å². The molecule has 3 rings (SSSR count). The fourth-order valence-corrected chi connectivity index (χ4v) is 5.42. The Bertz CT molecular complexity index is 581. The number of hydrogen-bond donors (Lipinski definition) is 0. The summed E-state index contributed by atoms with van der Waals surface area (Å²) in [5, 5.41) is 0. The van der Waals surface area contributed by atoms with Gasteiger partial charge in [-0.15, -0.1) is 23.2 Å². The number of anilines is 1. The molecule has 0 N–H and O–H groups in total. The van der Waals surface area contributed by atoms with E-state index in [1.165, 1.54) is 0 Å². The van der Waals surface area contributed by atoms with E-state index in [0.29, 0.717) is 0 Å². The maximum absolute atomic E-state index is 12.1. The summed E-state index contributed by atoms with van der Waals surface area (Å²) in [7, 11) is 0. The van der Waals surface area contributed by atoms with Crippen LogP contribution < -0.4 is 4.90 Å². The van der Waals surface area contributed by atoms with Crippen LogP contribution in [0.15, 0.2) is 24.3 Å². The maximum atomic E-state index is 12.1. The van der Waals surface area contributed by atoms with Crippen LogP contribution in [0.25, 0.3) is 0 Å². The lowest BCUT2D eigenvalue weighted by atomic mass is 9.80. The summed E-state index contributed by atoms with van der Waals surface area (Å²) in [4.78, 5) is 13.9. The van der Waals surface area contributed by atoms with Gasteiger partial charge in [0, 0.05) is 29.5 Å². The highest BCUT2D eigenvalue weighted by Gasteiger charge is 2.81. The van der Waals surface area contributed by atoms with Crippen LogP contribution in [0.3, 0.4) is 0 Å². The molecule has 2 atom stereocenters. The molecule has 1 aliphatic heterocycles. The van der Waals surface area contributed by atoms with E-state index in [1.54, 1.807) is 6.92 Å². The lowest BCUT2D eigenvalue weighted by molar-refractivity contribution is -0.117. The minimum absolute atomic E-state index is 0.0236. The summed E-state index contributed by atoms with van der Waals surface area (Å²) in [6.07, 6.45) is 0. The van der Waals surface area contributed by atoms with Crippen molar-refractivity contribution in [2.75, 3.05) is 4.90 Å². The minimum atomic E-state index is -0.823. The van der Waals surface area contributed by atoms with Crippen LogP contribution in [0, 0.1) is 5.92 Å². The predicted octanol–water partition coefficient (Wildman–Crippen LogP) is 3.89. The smallest absolute Gasteiger partial charge is 0.224 e. The lowest BCUT2D eigenvalue weighted by Crippen LogP contribution is -2.53. The van der Waals surface area contributed by atoms with Crippen molar-refractivity contribution in [3.8, 4) is 0 Å². The van der Waals surface area contributed by atoms with Gasteiger partial charge in [-0.2, -0.15) is 0 Å². The molecule has 0 aromatic heterocycles. The number of rotatable bonds is 0. The Hall–Kier alpha value is -0.730. The summed E-state index contributed by atoms with van der Waals surface area (Å²) in [5.41, 5.74) is 1.32. The topological polar surface area (TPSA) is 20.3 Å². The molecule has 0 saturated heterocycles. The summed E-state index contributed by atoms with van der Waals surface area (Å²) in [6.45, 7) is 7.77. The molecule has 4 heteroatoms. The molecule has 2 nitrogen and oxygen atoms in total. The Kier molecular flexibility index (Phi) is 2.43. The van der Waals surface area contributed by atoms with Gasteiger partial charge in [0.25, 0.3) is 0 Å². The van der Waals surface area contributed by atoms with Crippen LogP contribution in [0.5, 0.6) is 0 Å². The molecular weight excluding hydrogens is 281 g/mol. The monoisotopic (exact) mass is 297 g/mol. The molecule has 1 fully saturated rings. The number of hydrogen-bond acceptors (Lipinski definition) is 1. The molecule has 19 heavy (non-hydrogen) atoms. The van der Waals surface area contributed by atoms with Gasteiger partial charge in [0.2, 0.25) is 5.91 Å². The highest BCUT2D eigenvalue weighted by atomic mass is 35.5. The molecular formula is C15H17Cl2NO. The highest BCUT2D eigenvalue weighted by molar-refractivity contribution is 6.53. The first-order chi connectivity index (χ1) is 8.66. The van der Waals surface area contributed by atoms with Gasteiger partial charge in [0.05, 0.1) is 0 Å². The Labute approximate surface area is 123 Å². The number of halogens is 2. The molecule has 1 aromatic carbocycles. The van der Waals surface area contributed by atoms with Crippen molar-refractivity contribution in [3.05, 3.63) is 29.8 Å². The van der Waals surface area contributed by atoms with E-state index >= 15 is 0 Å². The number of carbonyl (C=O) groups excluding carboxylic acids is 1. The summed E-state index contributed by atoms with van der Waals surface area (Å²) < 4.78 is -0.823. The molecule has 2 aliphatic rings. The van der Waals surface area contributed by atoms with Gasteiger partial charge in [-0.25, -0.2) is 0 Å². The first kappa shape index (κ1) is 13.3. The van der Waals surface area contributed by atoms with Gasteiger partial charge in [0.15, 0.2) is 0 Å². The molecule has 0 bridgehead atoms. The third-order valence-corrected chi connectivity index (χ3v) is 6.07. The molecule has 1 aromatic rings. The van der Waals surface area contributed by atoms with Crippen molar-refractivity contribution in [3.63, 3.8) is 0 Å². The summed E-state index contributed by atoms with van der Waals surface area (Å²) >= 11 is 13.1. The van der Waals surface area contributed by atoms with E-state index in [0.717, 1.165) is 11.3 Å². The lowest BCUT2D eigenvalue weighted by Gasteiger charge is -2.44. The van der Waals surface area contributed by atoms with Crippen molar-refractivity contribution in [1.82, 2.24) is 0 Å². The Morgan fingerprint density at radius 2 is 1.79 bits per heavy atom. The molecule has 1 saturated carbocycles. The van der Waals surface area contributed by atoms with E-state index in [-0.39, 0.29) is 17.2 Å². The van der Waals surface area contributed by atoms with Crippen molar-refractivity contribution in [2.45, 2.75) is 43.0 Å². The zero-order chi connectivity index (χ0) is 14.2. The number of para-hydroxylation sites is 1. The van der Waals surface area contributed by atoms with E-state index < -0.39 is 9.87 Å². The Balaban J connectivity index is 2.31. The second-order valence-electron chi connectivity index (χ2n) is 6.28. The number of fused-ring (bicyclic) bond motifs is 3. The van der Waals surface area contributed by atoms with E-state index in [1.807, 2.05) is 43.0 Å². The molecule has 102 valence electrons. The van der Waals surface area contributed by atoms with E-state index in [4.69, 9.17) is 23.2 Å². The molecule has 0 radical (unpaired) electrons. The highest BCUT2D eigenvalue weighted by Crippen LogP contribution is 2.76. The predicted molar refractivity (Wildman–Crippen MR) is 79.0 cm³/mol. The van der Waals surface area contributed by atoms with Gasteiger partial charge in [-0.05, 0) is 25.5 Å². The third kappa shape index (κ3) is 1.32. The fourth-order valence-electron chi connectivity index (χ4n) is 4.14. The number of carbonyl (C=O) groups is 1. The average molecular weight is 298 g/mol. The van der Waals surface area contributed by atoms with E-state index in [9.17, 15) is 4.79 Å². The maximum Gasteiger partial charge on any atom is 0.224 e. The quantitative estimate of drug-likeness (QED) is 0.665. The van der Waals surface area contributed by atoms with Crippen molar-refractivity contribution in [1.29, 1.82) is 0 Å². The van der Waals surface area contributed by atoms with Crippen LogP contribution in [0.4, 0.5) is 5.69 Å². The van der Waals surface area contributed by atoms with Crippen LogP contribution in [-0.4, -0.2) is 15.8 Å². The zero-order valence-electron chi connectivity index (χ0n) is 11.5. The van der Waals surface area contributed by atoms with Crippen LogP contribution >= 0.6 is 23.2 Å². The Morgan fingerprint density at radius 1 is 1.21 bits per heavy atom. The first-order valence-corrected chi connectivity index (χ1v) is 7.20. The number of nitrogens with zero attached hydrogens (tertiary/aromatic N) is 1. The third-order valence-electron chi connectivity index (χ3n) is 4.85. The fraction of sp³-hybridized carbons (Fsp3) is 0.533. The van der Waals surface area contributed by atoms with Gasteiger partial charge in [-0.3, -0.25) is 4.79 Å². The van der Waals surface area contributed by atoms with Gasteiger partial charge in [-0.1, -0.05) is 25.1 Å². The van der Waals surface area contributed by atoms with Crippen LogP contribution in [-0.2, 0) is 10.2 Å². The second kappa shape index (κ2) is 3.48. The number of amides is 1. The molecule has 1 aliphatic carbocycles. The Morgan fingerprint density at radius 3 is 2.37 bits per heavy atom. The normalized spacial score (nSPS) is 33.4. The second-order valence-corrected chi connectivity index (χ2v) is 7.67. The SMILES string of the molecule is CC(=O)N1c2ccccc2[C@@]2(C)[C@H](C1(C)C)C2(Cl)Cl. The van der Waals surface area contributed by atoms with Crippen molar-refractivity contribution < 1.29 is 4.79 Å². The number of alkyl halides is 2. The first-order valence-electron chi connectivity index (χ1n) is 6.45. The summed E-state index contributed by atoms with van der Waals surface area (Å²) in [5.74, 6) is 0.0603. The van der Waals surface area contributed by atoms with Gasteiger partial charge >= 0.3 is 0 Å². The largest absolute Gasteiger partial charge is 0.306 e. The molecule has 0 unspecified atom stereocenters. The standard InChI is InChI=1S/C15H17Cl2NO/c1-9(19)18-11-8-6-5-7-10(11)14(4)12(13(18,2)3)15(14,16)17/h5-8,12H,1-4H3/t12-,14-/m0/s1.